The van der Waals surface area contributed by atoms with Crippen molar-refractivity contribution in [2.45, 2.75) is 69.7 Å². The summed E-state index contributed by atoms with van der Waals surface area (Å²) in [6, 6.07) is 0.804. The minimum atomic E-state index is -3.12. The fourth-order valence-electron chi connectivity index (χ4n) is 2.67. The fourth-order valence-corrected chi connectivity index (χ4v) is 4.50. The molecule has 106 valence electrons. The van der Waals surface area contributed by atoms with Gasteiger partial charge in [0.1, 0.15) is 0 Å². The van der Waals surface area contributed by atoms with Crippen molar-refractivity contribution in [1.29, 1.82) is 0 Å². The summed E-state index contributed by atoms with van der Waals surface area (Å²) in [7, 11) is -3.12. The molecule has 1 aliphatic heterocycles. The lowest BCUT2D eigenvalue weighted by Crippen LogP contribution is -2.49. The van der Waals surface area contributed by atoms with E-state index in [9.17, 15) is 8.42 Å². The highest BCUT2D eigenvalue weighted by molar-refractivity contribution is 7.89. The Morgan fingerprint density at radius 2 is 2.00 bits per heavy atom. The Labute approximate surface area is 111 Å². The maximum atomic E-state index is 12.6. The number of hydrogen-bond acceptors (Lipinski definition) is 3. The molecular weight excluding hydrogens is 248 g/mol. The molecule has 1 aliphatic carbocycles. The summed E-state index contributed by atoms with van der Waals surface area (Å²) in [4.78, 5) is 0. The highest BCUT2D eigenvalue weighted by atomic mass is 32.2. The molecule has 1 heterocycles. The van der Waals surface area contributed by atoms with E-state index in [1.807, 2.05) is 6.92 Å². The molecule has 1 saturated heterocycles. The molecule has 18 heavy (non-hydrogen) atoms. The zero-order valence-electron chi connectivity index (χ0n) is 11.6. The van der Waals surface area contributed by atoms with Gasteiger partial charge in [-0.1, -0.05) is 13.3 Å². The summed E-state index contributed by atoms with van der Waals surface area (Å²) in [5.74, 6) is 0. The molecule has 1 N–H and O–H groups in total. The molecule has 2 rings (SSSR count). The number of piperidine rings is 1. The minimum Gasteiger partial charge on any atom is -0.313 e. The highest BCUT2D eigenvalue weighted by Gasteiger charge is 2.35. The van der Waals surface area contributed by atoms with Crippen LogP contribution in [0, 0.1) is 0 Å². The first-order valence-electron chi connectivity index (χ1n) is 7.29. The van der Waals surface area contributed by atoms with E-state index in [4.69, 9.17) is 0 Å². The molecule has 1 saturated carbocycles. The third-order valence-corrected chi connectivity index (χ3v) is 6.47. The van der Waals surface area contributed by atoms with Crippen LogP contribution < -0.4 is 5.32 Å². The van der Waals surface area contributed by atoms with Gasteiger partial charge in [0.05, 0.1) is 5.25 Å². The van der Waals surface area contributed by atoms with Gasteiger partial charge in [-0.15, -0.1) is 0 Å². The van der Waals surface area contributed by atoms with Crippen molar-refractivity contribution in [3.05, 3.63) is 0 Å². The van der Waals surface area contributed by atoms with Crippen LogP contribution in [0.15, 0.2) is 0 Å². The van der Waals surface area contributed by atoms with Gasteiger partial charge < -0.3 is 5.32 Å². The molecule has 0 aromatic carbocycles. The van der Waals surface area contributed by atoms with Crippen LogP contribution in [0.5, 0.6) is 0 Å². The topological polar surface area (TPSA) is 49.4 Å². The summed E-state index contributed by atoms with van der Waals surface area (Å²) < 4.78 is 26.9. The van der Waals surface area contributed by atoms with Crippen LogP contribution in [-0.4, -0.2) is 43.1 Å². The molecule has 0 bridgehead atoms. The van der Waals surface area contributed by atoms with Crippen LogP contribution in [-0.2, 0) is 10.0 Å². The Morgan fingerprint density at radius 1 is 1.28 bits per heavy atom. The molecule has 2 unspecified atom stereocenters. The Kier molecular flexibility index (Phi) is 4.67. The summed E-state index contributed by atoms with van der Waals surface area (Å²) in [5, 5.41) is 3.03. The molecule has 4 nitrogen and oxygen atoms in total. The average molecular weight is 274 g/mol. The zero-order valence-corrected chi connectivity index (χ0v) is 12.4. The van der Waals surface area contributed by atoms with Gasteiger partial charge in [-0.2, -0.15) is 4.31 Å². The van der Waals surface area contributed by atoms with Crippen LogP contribution in [0.2, 0.25) is 0 Å². The second-order valence-corrected chi connectivity index (χ2v) is 8.01. The second kappa shape index (κ2) is 5.88. The van der Waals surface area contributed by atoms with E-state index in [-0.39, 0.29) is 11.3 Å². The summed E-state index contributed by atoms with van der Waals surface area (Å²) >= 11 is 0. The molecule has 2 aliphatic rings. The lowest BCUT2D eigenvalue weighted by Gasteiger charge is -2.36. The molecular formula is C13H26N2O2S. The lowest BCUT2D eigenvalue weighted by atomic mass is 10.0. The Balaban J connectivity index is 1.97. The van der Waals surface area contributed by atoms with E-state index in [0.717, 1.165) is 19.3 Å². The first-order valence-corrected chi connectivity index (χ1v) is 8.80. The molecule has 2 fully saturated rings. The Bertz CT molecular complexity index is 365. The predicted molar refractivity (Wildman–Crippen MR) is 74.0 cm³/mol. The number of sulfonamides is 1. The van der Waals surface area contributed by atoms with Gasteiger partial charge in [-0.05, 0) is 39.0 Å². The van der Waals surface area contributed by atoms with Crippen LogP contribution >= 0.6 is 0 Å². The summed E-state index contributed by atoms with van der Waals surface area (Å²) in [6.07, 6.45) is 6.54. The maximum Gasteiger partial charge on any atom is 0.218 e. The fraction of sp³-hybridized carbons (Fsp3) is 1.00. The van der Waals surface area contributed by atoms with Crippen molar-refractivity contribution in [3.63, 3.8) is 0 Å². The Hall–Kier alpha value is -0.130. The van der Waals surface area contributed by atoms with E-state index in [1.54, 1.807) is 4.31 Å². The maximum absolute atomic E-state index is 12.6. The third-order valence-electron chi connectivity index (χ3n) is 4.15. The van der Waals surface area contributed by atoms with E-state index >= 15 is 0 Å². The molecule has 5 heteroatoms. The van der Waals surface area contributed by atoms with Gasteiger partial charge in [0.25, 0.3) is 0 Å². The number of hydrogen-bond donors (Lipinski definition) is 1. The summed E-state index contributed by atoms with van der Waals surface area (Å²) in [6.45, 7) is 5.24. The van der Waals surface area contributed by atoms with Crippen molar-refractivity contribution in [1.82, 2.24) is 9.62 Å². The normalized spacial score (nSPS) is 28.2. The monoisotopic (exact) mass is 274 g/mol. The molecule has 2 atom stereocenters. The molecule has 0 spiro atoms. The van der Waals surface area contributed by atoms with Crippen LogP contribution in [0.1, 0.15) is 52.4 Å². The van der Waals surface area contributed by atoms with Crippen molar-refractivity contribution < 1.29 is 8.42 Å². The SMILES string of the molecule is CCC1CCCCN1S(=O)(=O)C(C)CNC1CC1. The quantitative estimate of drug-likeness (QED) is 0.802. The zero-order chi connectivity index (χ0) is 13.2. The second-order valence-electron chi connectivity index (χ2n) is 5.71. The van der Waals surface area contributed by atoms with Gasteiger partial charge in [-0.25, -0.2) is 8.42 Å². The van der Waals surface area contributed by atoms with E-state index in [2.05, 4.69) is 12.2 Å². The number of nitrogens with one attached hydrogen (secondary N) is 1. The van der Waals surface area contributed by atoms with E-state index < -0.39 is 10.0 Å². The molecule has 0 aromatic heterocycles. The first-order chi connectivity index (χ1) is 8.55. The predicted octanol–water partition coefficient (Wildman–Crippen LogP) is 1.72. The highest BCUT2D eigenvalue weighted by Crippen LogP contribution is 2.25. The molecule has 0 amide bonds. The molecule has 0 radical (unpaired) electrons. The van der Waals surface area contributed by atoms with Crippen molar-refractivity contribution in [2.75, 3.05) is 13.1 Å². The largest absolute Gasteiger partial charge is 0.313 e. The van der Waals surface area contributed by atoms with Gasteiger partial charge in [-0.3, -0.25) is 0 Å². The van der Waals surface area contributed by atoms with E-state index in [1.165, 1.54) is 19.3 Å². The third kappa shape index (κ3) is 3.25. The van der Waals surface area contributed by atoms with Crippen LogP contribution in [0.25, 0.3) is 0 Å². The lowest BCUT2D eigenvalue weighted by molar-refractivity contribution is 0.244. The minimum absolute atomic E-state index is 0.229. The van der Waals surface area contributed by atoms with Gasteiger partial charge in [0.15, 0.2) is 0 Å². The average Bonchev–Trinajstić information content (AvgIpc) is 3.19. The van der Waals surface area contributed by atoms with Crippen molar-refractivity contribution in [2.24, 2.45) is 0 Å². The smallest absolute Gasteiger partial charge is 0.218 e. The number of nitrogens with zero attached hydrogens (tertiary/aromatic N) is 1. The van der Waals surface area contributed by atoms with Gasteiger partial charge in [0.2, 0.25) is 10.0 Å². The number of rotatable bonds is 6. The first kappa shape index (κ1) is 14.3. The molecule has 0 aromatic rings. The standard InChI is InChI=1S/C13H26N2O2S/c1-3-13-6-4-5-9-15(13)18(16,17)11(2)10-14-12-7-8-12/h11-14H,3-10H2,1-2H3. The van der Waals surface area contributed by atoms with Crippen molar-refractivity contribution in [3.8, 4) is 0 Å². The van der Waals surface area contributed by atoms with E-state index in [0.29, 0.717) is 19.1 Å². The van der Waals surface area contributed by atoms with Gasteiger partial charge in [0, 0.05) is 25.2 Å². The van der Waals surface area contributed by atoms with Crippen LogP contribution in [0.3, 0.4) is 0 Å². The van der Waals surface area contributed by atoms with Crippen molar-refractivity contribution >= 4 is 10.0 Å². The summed E-state index contributed by atoms with van der Waals surface area (Å²) in [5.41, 5.74) is 0. The van der Waals surface area contributed by atoms with Crippen LogP contribution in [0.4, 0.5) is 0 Å². The van der Waals surface area contributed by atoms with Gasteiger partial charge >= 0.3 is 0 Å². The Morgan fingerprint density at radius 3 is 2.61 bits per heavy atom.